The third-order valence-electron chi connectivity index (χ3n) is 2.36. The summed E-state index contributed by atoms with van der Waals surface area (Å²) in [6.07, 6.45) is 0. The van der Waals surface area contributed by atoms with E-state index in [0.29, 0.717) is 5.56 Å². The smallest absolute Gasteiger partial charge is 0.346 e. The molecule has 2 rings (SSSR count). The molecule has 82 valence electrons. The molecular formula is C11H8O5. The second kappa shape index (κ2) is 3.77. The van der Waals surface area contributed by atoms with E-state index in [1.807, 2.05) is 0 Å². The molecule has 0 bridgehead atoms. The molecule has 1 aromatic rings. The lowest BCUT2D eigenvalue weighted by Crippen LogP contribution is -2.33. The van der Waals surface area contributed by atoms with E-state index in [1.165, 1.54) is 19.2 Å². The fourth-order valence-corrected chi connectivity index (χ4v) is 1.61. The van der Waals surface area contributed by atoms with Crippen LogP contribution in [0.1, 0.15) is 21.8 Å². The Hall–Kier alpha value is -2.17. The molecule has 0 N–H and O–H groups in total. The lowest BCUT2D eigenvalue weighted by molar-refractivity contribution is -0.153. The molecule has 1 unspecified atom stereocenters. The molecule has 5 heteroatoms. The molecule has 0 saturated carbocycles. The van der Waals surface area contributed by atoms with Crippen LogP contribution in [0.4, 0.5) is 0 Å². The first-order chi connectivity index (χ1) is 7.65. The highest BCUT2D eigenvalue weighted by molar-refractivity contribution is 6.12. The number of ether oxygens (including phenoxy) is 2. The maximum absolute atomic E-state index is 11.4. The van der Waals surface area contributed by atoms with Crippen LogP contribution in [0.25, 0.3) is 0 Å². The van der Waals surface area contributed by atoms with Gasteiger partial charge in [-0.1, -0.05) is 18.2 Å². The zero-order valence-corrected chi connectivity index (χ0v) is 8.43. The number of hydrogen-bond donors (Lipinski definition) is 0. The summed E-state index contributed by atoms with van der Waals surface area (Å²) in [6.45, 7) is 0. The van der Waals surface area contributed by atoms with Gasteiger partial charge < -0.3 is 9.47 Å². The van der Waals surface area contributed by atoms with Crippen molar-refractivity contribution in [3.8, 4) is 0 Å². The predicted octanol–water partition coefficient (Wildman–Crippen LogP) is 0.640. The maximum Gasteiger partial charge on any atom is 0.346 e. The van der Waals surface area contributed by atoms with Crippen molar-refractivity contribution >= 4 is 17.9 Å². The Morgan fingerprint density at radius 1 is 1.31 bits per heavy atom. The van der Waals surface area contributed by atoms with Crippen molar-refractivity contribution in [2.45, 2.75) is 5.92 Å². The minimum Gasteiger partial charge on any atom is -0.468 e. The van der Waals surface area contributed by atoms with Crippen LogP contribution in [0.3, 0.4) is 0 Å². The van der Waals surface area contributed by atoms with Gasteiger partial charge >= 0.3 is 17.9 Å². The number of carbonyl (C=O) groups excluding carboxylic acids is 3. The average molecular weight is 220 g/mol. The molecule has 1 aliphatic heterocycles. The van der Waals surface area contributed by atoms with Gasteiger partial charge in [-0.3, -0.25) is 9.59 Å². The normalized spacial score (nSPS) is 18.7. The third-order valence-corrected chi connectivity index (χ3v) is 2.36. The first kappa shape index (κ1) is 10.4. The summed E-state index contributed by atoms with van der Waals surface area (Å²) in [5.74, 6) is -3.53. The van der Waals surface area contributed by atoms with E-state index in [-0.39, 0.29) is 5.56 Å². The summed E-state index contributed by atoms with van der Waals surface area (Å²) < 4.78 is 8.97. The van der Waals surface area contributed by atoms with Gasteiger partial charge in [-0.2, -0.15) is 0 Å². The van der Waals surface area contributed by atoms with Crippen molar-refractivity contribution in [1.82, 2.24) is 0 Å². The topological polar surface area (TPSA) is 69.7 Å². The number of carbonyl (C=O) groups is 3. The maximum atomic E-state index is 11.4. The number of fused-ring (bicyclic) bond motifs is 1. The predicted molar refractivity (Wildman–Crippen MR) is 51.6 cm³/mol. The van der Waals surface area contributed by atoms with Crippen LogP contribution in [0.15, 0.2) is 24.3 Å². The molecule has 0 saturated heterocycles. The van der Waals surface area contributed by atoms with E-state index in [2.05, 4.69) is 9.47 Å². The highest BCUT2D eigenvalue weighted by atomic mass is 16.6. The van der Waals surface area contributed by atoms with Gasteiger partial charge in [0.2, 0.25) is 0 Å². The van der Waals surface area contributed by atoms with Gasteiger partial charge in [-0.05, 0) is 11.6 Å². The Morgan fingerprint density at radius 3 is 2.69 bits per heavy atom. The molecule has 1 atom stereocenters. The van der Waals surface area contributed by atoms with E-state index < -0.39 is 23.8 Å². The van der Waals surface area contributed by atoms with Gasteiger partial charge in [0.25, 0.3) is 0 Å². The largest absolute Gasteiger partial charge is 0.468 e. The number of benzene rings is 1. The van der Waals surface area contributed by atoms with Crippen LogP contribution in [-0.4, -0.2) is 25.0 Å². The Morgan fingerprint density at radius 2 is 2.00 bits per heavy atom. The van der Waals surface area contributed by atoms with E-state index in [9.17, 15) is 14.4 Å². The number of esters is 3. The summed E-state index contributed by atoms with van der Waals surface area (Å²) in [4.78, 5) is 34.2. The minimum atomic E-state index is -1.17. The lowest BCUT2D eigenvalue weighted by Gasteiger charge is -2.20. The van der Waals surface area contributed by atoms with E-state index in [4.69, 9.17) is 0 Å². The standard InChI is InChI=1S/C11H8O5/c1-15-10(13)8-6-4-2-3-5-7(6)9(12)16-11(8)14/h2-5,8H,1H3. The second-order valence-electron chi connectivity index (χ2n) is 3.25. The fraction of sp³-hybridized carbons (Fsp3) is 0.182. The monoisotopic (exact) mass is 220 g/mol. The lowest BCUT2D eigenvalue weighted by atomic mass is 9.92. The molecule has 16 heavy (non-hydrogen) atoms. The second-order valence-corrected chi connectivity index (χ2v) is 3.25. The van der Waals surface area contributed by atoms with Crippen molar-refractivity contribution in [3.05, 3.63) is 35.4 Å². The fourth-order valence-electron chi connectivity index (χ4n) is 1.61. The van der Waals surface area contributed by atoms with E-state index in [1.54, 1.807) is 12.1 Å². The summed E-state index contributed by atoms with van der Waals surface area (Å²) in [5.41, 5.74) is 0.549. The van der Waals surface area contributed by atoms with Gasteiger partial charge in [0.05, 0.1) is 12.7 Å². The van der Waals surface area contributed by atoms with Gasteiger partial charge in [-0.25, -0.2) is 4.79 Å². The quantitative estimate of drug-likeness (QED) is 0.513. The van der Waals surface area contributed by atoms with Crippen molar-refractivity contribution in [2.75, 3.05) is 7.11 Å². The van der Waals surface area contributed by atoms with Gasteiger partial charge in [-0.15, -0.1) is 0 Å². The number of rotatable bonds is 1. The average Bonchev–Trinajstić information content (AvgIpc) is 2.28. The van der Waals surface area contributed by atoms with Gasteiger partial charge in [0, 0.05) is 0 Å². The Labute approximate surface area is 91.0 Å². The van der Waals surface area contributed by atoms with Crippen molar-refractivity contribution in [2.24, 2.45) is 0 Å². The van der Waals surface area contributed by atoms with Crippen LogP contribution in [0.5, 0.6) is 0 Å². The van der Waals surface area contributed by atoms with Crippen LogP contribution < -0.4 is 0 Å². The number of hydrogen-bond acceptors (Lipinski definition) is 5. The molecule has 0 fully saturated rings. The number of methoxy groups -OCH3 is 1. The first-order valence-electron chi connectivity index (χ1n) is 4.58. The van der Waals surface area contributed by atoms with Crippen molar-refractivity contribution in [1.29, 1.82) is 0 Å². The minimum absolute atomic E-state index is 0.220. The third kappa shape index (κ3) is 1.46. The molecule has 0 spiro atoms. The Balaban J connectivity index is 2.55. The molecule has 0 amide bonds. The molecule has 1 aromatic carbocycles. The van der Waals surface area contributed by atoms with E-state index in [0.717, 1.165) is 0 Å². The van der Waals surface area contributed by atoms with Crippen molar-refractivity contribution in [3.63, 3.8) is 0 Å². The highest BCUT2D eigenvalue weighted by Crippen LogP contribution is 2.28. The molecule has 5 nitrogen and oxygen atoms in total. The summed E-state index contributed by atoms with van der Waals surface area (Å²) in [6, 6.07) is 6.31. The van der Waals surface area contributed by atoms with Crippen LogP contribution in [-0.2, 0) is 19.1 Å². The molecular weight excluding hydrogens is 212 g/mol. The van der Waals surface area contributed by atoms with Crippen molar-refractivity contribution < 1.29 is 23.9 Å². The Bertz CT molecular complexity index is 477. The summed E-state index contributed by atoms with van der Waals surface area (Å²) >= 11 is 0. The van der Waals surface area contributed by atoms with Gasteiger partial charge in [0.1, 0.15) is 0 Å². The van der Waals surface area contributed by atoms with Crippen LogP contribution in [0.2, 0.25) is 0 Å². The molecule has 1 heterocycles. The molecule has 0 aliphatic carbocycles. The molecule has 0 radical (unpaired) electrons. The molecule has 1 aliphatic rings. The van der Waals surface area contributed by atoms with Crippen LogP contribution in [0, 0.1) is 0 Å². The first-order valence-corrected chi connectivity index (χ1v) is 4.58. The van der Waals surface area contributed by atoms with Gasteiger partial charge in [0.15, 0.2) is 5.92 Å². The molecule has 0 aromatic heterocycles. The highest BCUT2D eigenvalue weighted by Gasteiger charge is 2.39. The van der Waals surface area contributed by atoms with Crippen LogP contribution >= 0.6 is 0 Å². The zero-order chi connectivity index (χ0) is 11.7. The summed E-state index contributed by atoms with van der Waals surface area (Å²) in [7, 11) is 1.18. The summed E-state index contributed by atoms with van der Waals surface area (Å²) in [5, 5.41) is 0. The zero-order valence-electron chi connectivity index (χ0n) is 8.43. The van der Waals surface area contributed by atoms with E-state index >= 15 is 0 Å². The SMILES string of the molecule is COC(=O)C1C(=O)OC(=O)c2ccccc21. The number of cyclic esters (lactones) is 2. The Kier molecular flexibility index (Phi) is 2.44.